The third-order valence-electron chi connectivity index (χ3n) is 4.44. The molecule has 0 unspecified atom stereocenters. The minimum atomic E-state index is -0.0543. The monoisotopic (exact) mass is 379 g/mol. The lowest BCUT2D eigenvalue weighted by Gasteiger charge is -2.18. The molecule has 3 aromatic rings. The Balaban J connectivity index is 1.56. The van der Waals surface area contributed by atoms with Crippen molar-refractivity contribution in [3.05, 3.63) is 94.3 Å². The van der Waals surface area contributed by atoms with Gasteiger partial charge >= 0.3 is 0 Å². The van der Waals surface area contributed by atoms with E-state index in [9.17, 15) is 4.79 Å². The first kappa shape index (κ1) is 19.1. The van der Waals surface area contributed by atoms with Crippen molar-refractivity contribution >= 4 is 23.2 Å². The number of nitrogens with zero attached hydrogens (tertiary/aromatic N) is 2. The molecule has 0 aliphatic heterocycles. The van der Waals surface area contributed by atoms with Crippen molar-refractivity contribution < 1.29 is 4.79 Å². The maximum Gasteiger partial charge on any atom is 0.258 e. The number of rotatable bonds is 6. The summed E-state index contributed by atoms with van der Waals surface area (Å²) in [6, 6.07) is 17.5. The summed E-state index contributed by atoms with van der Waals surface area (Å²) >= 11 is 6.06. The van der Waals surface area contributed by atoms with Crippen LogP contribution in [0, 0.1) is 6.92 Å². The predicted molar refractivity (Wildman–Crippen MR) is 110 cm³/mol. The van der Waals surface area contributed by atoms with Crippen LogP contribution in [0.25, 0.3) is 0 Å². The molecule has 0 aliphatic carbocycles. The zero-order chi connectivity index (χ0) is 19.2. The number of pyridine rings is 1. The van der Waals surface area contributed by atoms with E-state index >= 15 is 0 Å². The zero-order valence-corrected chi connectivity index (χ0v) is 16.2. The molecule has 5 heteroatoms. The number of halogens is 1. The van der Waals surface area contributed by atoms with Crippen molar-refractivity contribution in [1.82, 2.24) is 10.3 Å². The normalized spacial score (nSPS) is 10.6. The SMILES string of the molecule is Cc1cc(CNCc2ccc(N(C)C(=O)c3ccncc3)cc2)ccc1Cl. The topological polar surface area (TPSA) is 45.2 Å². The smallest absolute Gasteiger partial charge is 0.258 e. The second-order valence-corrected chi connectivity index (χ2v) is 6.86. The molecule has 1 N–H and O–H groups in total. The van der Waals surface area contributed by atoms with Gasteiger partial charge < -0.3 is 10.2 Å². The molecular weight excluding hydrogens is 358 g/mol. The number of hydrogen-bond acceptors (Lipinski definition) is 3. The lowest BCUT2D eigenvalue weighted by atomic mass is 10.1. The maximum absolute atomic E-state index is 12.5. The average molecular weight is 380 g/mol. The molecule has 3 rings (SSSR count). The Labute approximate surface area is 164 Å². The predicted octanol–water partition coefficient (Wildman–Crippen LogP) is 4.61. The van der Waals surface area contributed by atoms with Crippen molar-refractivity contribution in [3.63, 3.8) is 0 Å². The molecule has 0 spiro atoms. The van der Waals surface area contributed by atoms with Crippen LogP contribution in [-0.4, -0.2) is 17.9 Å². The summed E-state index contributed by atoms with van der Waals surface area (Å²) in [7, 11) is 1.78. The van der Waals surface area contributed by atoms with E-state index in [0.717, 1.165) is 34.9 Å². The number of carbonyl (C=O) groups excluding carboxylic acids is 1. The highest BCUT2D eigenvalue weighted by Crippen LogP contribution is 2.18. The second-order valence-electron chi connectivity index (χ2n) is 6.45. The molecular formula is C22H22ClN3O. The van der Waals surface area contributed by atoms with Crippen molar-refractivity contribution in [3.8, 4) is 0 Å². The van der Waals surface area contributed by atoms with Gasteiger partial charge in [0.05, 0.1) is 0 Å². The maximum atomic E-state index is 12.5. The third-order valence-corrected chi connectivity index (χ3v) is 4.86. The quantitative estimate of drug-likeness (QED) is 0.680. The number of amides is 1. The summed E-state index contributed by atoms with van der Waals surface area (Å²) in [5, 5.41) is 4.22. The minimum Gasteiger partial charge on any atom is -0.311 e. The van der Waals surface area contributed by atoms with Crippen molar-refractivity contribution in [2.75, 3.05) is 11.9 Å². The molecule has 2 aromatic carbocycles. The third kappa shape index (κ3) is 4.94. The van der Waals surface area contributed by atoms with Crippen LogP contribution in [0.3, 0.4) is 0 Å². The molecule has 0 saturated heterocycles. The molecule has 0 atom stereocenters. The largest absolute Gasteiger partial charge is 0.311 e. The number of benzene rings is 2. The van der Waals surface area contributed by atoms with Gasteiger partial charge in [-0.1, -0.05) is 35.9 Å². The van der Waals surface area contributed by atoms with Crippen LogP contribution in [0.2, 0.25) is 5.02 Å². The van der Waals surface area contributed by atoms with Gasteiger partial charge in [0.25, 0.3) is 5.91 Å². The summed E-state index contributed by atoms with van der Waals surface area (Å²) in [4.78, 5) is 18.1. The Kier molecular flexibility index (Phi) is 6.22. The van der Waals surface area contributed by atoms with Crippen LogP contribution in [0.15, 0.2) is 67.0 Å². The fourth-order valence-corrected chi connectivity index (χ4v) is 2.93. The lowest BCUT2D eigenvalue weighted by molar-refractivity contribution is 0.0993. The molecule has 1 heterocycles. The fraction of sp³-hybridized carbons (Fsp3) is 0.182. The van der Waals surface area contributed by atoms with E-state index in [4.69, 9.17) is 11.6 Å². The Bertz CT molecular complexity index is 911. The van der Waals surface area contributed by atoms with Gasteiger partial charge in [-0.05, 0) is 53.9 Å². The van der Waals surface area contributed by atoms with Gasteiger partial charge in [0.1, 0.15) is 0 Å². The Hall–Kier alpha value is -2.69. The molecule has 1 aromatic heterocycles. The highest BCUT2D eigenvalue weighted by Gasteiger charge is 2.12. The summed E-state index contributed by atoms with van der Waals surface area (Å²) in [6.45, 7) is 3.54. The van der Waals surface area contributed by atoms with E-state index < -0.39 is 0 Å². The number of aryl methyl sites for hydroxylation is 1. The fourth-order valence-electron chi connectivity index (χ4n) is 2.81. The first-order valence-corrected chi connectivity index (χ1v) is 9.15. The van der Waals surface area contributed by atoms with Crippen LogP contribution in [0.4, 0.5) is 5.69 Å². The first-order chi connectivity index (χ1) is 13.0. The molecule has 0 saturated carbocycles. The van der Waals surface area contributed by atoms with Gasteiger partial charge in [-0.25, -0.2) is 0 Å². The molecule has 1 amide bonds. The van der Waals surface area contributed by atoms with Crippen LogP contribution in [0.5, 0.6) is 0 Å². The van der Waals surface area contributed by atoms with Gasteiger partial charge in [0.15, 0.2) is 0 Å². The van der Waals surface area contributed by atoms with Crippen molar-refractivity contribution in [1.29, 1.82) is 0 Å². The highest BCUT2D eigenvalue weighted by atomic mass is 35.5. The second kappa shape index (κ2) is 8.80. The molecule has 0 bridgehead atoms. The standard InChI is InChI=1S/C22H22ClN3O/c1-16-13-18(5-8-21(16)23)15-25-14-17-3-6-20(7-4-17)26(2)22(27)19-9-11-24-12-10-19/h3-13,25H,14-15H2,1-2H3. The van der Waals surface area contributed by atoms with E-state index in [0.29, 0.717) is 5.56 Å². The Morgan fingerprint density at radius 3 is 2.30 bits per heavy atom. The van der Waals surface area contributed by atoms with Crippen LogP contribution < -0.4 is 10.2 Å². The van der Waals surface area contributed by atoms with Gasteiger partial charge in [-0.2, -0.15) is 0 Å². The lowest BCUT2D eigenvalue weighted by Crippen LogP contribution is -2.26. The number of aromatic nitrogens is 1. The number of nitrogens with one attached hydrogen (secondary N) is 1. The van der Waals surface area contributed by atoms with Crippen LogP contribution in [-0.2, 0) is 13.1 Å². The van der Waals surface area contributed by atoms with E-state index in [1.165, 1.54) is 5.56 Å². The van der Waals surface area contributed by atoms with E-state index in [1.54, 1.807) is 36.5 Å². The van der Waals surface area contributed by atoms with Gasteiger partial charge in [-0.3, -0.25) is 9.78 Å². The van der Waals surface area contributed by atoms with Crippen LogP contribution >= 0.6 is 11.6 Å². The van der Waals surface area contributed by atoms with Gasteiger partial charge in [0, 0.05) is 48.8 Å². The van der Waals surface area contributed by atoms with Crippen LogP contribution in [0.1, 0.15) is 27.0 Å². The molecule has 4 nitrogen and oxygen atoms in total. The zero-order valence-electron chi connectivity index (χ0n) is 15.4. The first-order valence-electron chi connectivity index (χ1n) is 8.77. The Morgan fingerprint density at radius 2 is 1.63 bits per heavy atom. The minimum absolute atomic E-state index is 0.0543. The molecule has 0 radical (unpaired) electrons. The molecule has 138 valence electrons. The number of hydrogen-bond donors (Lipinski definition) is 1. The van der Waals surface area contributed by atoms with E-state index in [1.807, 2.05) is 43.3 Å². The molecule has 27 heavy (non-hydrogen) atoms. The Morgan fingerprint density at radius 1 is 1.00 bits per heavy atom. The molecule has 0 fully saturated rings. The average Bonchev–Trinajstić information content (AvgIpc) is 2.71. The summed E-state index contributed by atoms with van der Waals surface area (Å²) in [6.07, 6.45) is 3.25. The van der Waals surface area contributed by atoms with Gasteiger partial charge in [-0.15, -0.1) is 0 Å². The molecule has 0 aliphatic rings. The van der Waals surface area contributed by atoms with Gasteiger partial charge in [0.2, 0.25) is 0 Å². The summed E-state index contributed by atoms with van der Waals surface area (Å²) in [5.74, 6) is -0.0543. The summed E-state index contributed by atoms with van der Waals surface area (Å²) in [5.41, 5.74) is 4.93. The van der Waals surface area contributed by atoms with E-state index in [2.05, 4.69) is 16.4 Å². The van der Waals surface area contributed by atoms with Crippen molar-refractivity contribution in [2.45, 2.75) is 20.0 Å². The number of anilines is 1. The highest BCUT2D eigenvalue weighted by molar-refractivity contribution is 6.31. The van der Waals surface area contributed by atoms with E-state index in [-0.39, 0.29) is 5.91 Å². The summed E-state index contributed by atoms with van der Waals surface area (Å²) < 4.78 is 0. The number of carbonyl (C=O) groups is 1. The van der Waals surface area contributed by atoms with Crippen molar-refractivity contribution in [2.24, 2.45) is 0 Å².